The fourth-order valence-electron chi connectivity index (χ4n) is 3.39. The number of carboxylic acids is 2. The van der Waals surface area contributed by atoms with E-state index in [1.54, 1.807) is 6.20 Å². The Labute approximate surface area is 217 Å². The Bertz CT molecular complexity index is 1240. The molecular weight excluding hydrogens is 538 g/mol. The van der Waals surface area contributed by atoms with Gasteiger partial charge in [0.15, 0.2) is 0 Å². The number of para-hydroxylation sites is 1. The minimum absolute atomic E-state index is 0.0477. The molecule has 3 aromatic rings. The maximum Gasteiger partial charge on any atom is 0.490 e. The molecule has 210 valence electrons. The number of nitrogens with one attached hydrogen (secondary N) is 2. The van der Waals surface area contributed by atoms with Crippen molar-refractivity contribution in [2.24, 2.45) is 5.92 Å². The van der Waals surface area contributed by atoms with Gasteiger partial charge in [-0.2, -0.15) is 31.4 Å². The highest BCUT2D eigenvalue weighted by atomic mass is 19.4. The topological polar surface area (TPSA) is 136 Å². The number of alkyl halides is 6. The monoisotopic (exact) mass is 560 g/mol. The second kappa shape index (κ2) is 12.8. The number of carboxylic acid groups (broad SMARTS) is 2. The Balaban J connectivity index is 0.000000317. The predicted octanol–water partition coefficient (Wildman–Crippen LogP) is 4.59. The summed E-state index contributed by atoms with van der Waals surface area (Å²) in [6.45, 7) is 0.732. The van der Waals surface area contributed by atoms with Gasteiger partial charge >= 0.3 is 24.3 Å². The number of aromatic amines is 1. The van der Waals surface area contributed by atoms with Crippen LogP contribution in [-0.4, -0.2) is 64.2 Å². The first-order valence-electron chi connectivity index (χ1n) is 10.9. The number of hydrogen-bond acceptors (Lipinski definition) is 5. The zero-order valence-corrected chi connectivity index (χ0v) is 20.0. The third-order valence-corrected chi connectivity index (χ3v) is 5.20. The predicted molar refractivity (Wildman–Crippen MR) is 127 cm³/mol. The first-order valence-corrected chi connectivity index (χ1v) is 10.9. The van der Waals surface area contributed by atoms with Crippen LogP contribution in [0.15, 0.2) is 60.9 Å². The Kier molecular flexibility index (Phi) is 10.1. The van der Waals surface area contributed by atoms with E-state index in [0.29, 0.717) is 0 Å². The van der Waals surface area contributed by atoms with Crippen LogP contribution in [0.25, 0.3) is 11.1 Å². The van der Waals surface area contributed by atoms with Crippen LogP contribution in [0.5, 0.6) is 0 Å². The number of nitrogens with zero attached hydrogens (tertiary/aromatic N) is 2. The molecule has 1 aliphatic rings. The number of aliphatic carboxylic acids is 2. The van der Waals surface area contributed by atoms with Gasteiger partial charge in [-0.15, -0.1) is 0 Å². The van der Waals surface area contributed by atoms with Gasteiger partial charge in [-0.1, -0.05) is 30.3 Å². The molecule has 0 spiro atoms. The van der Waals surface area contributed by atoms with E-state index < -0.39 is 24.3 Å². The quantitative estimate of drug-likeness (QED) is 0.344. The zero-order valence-electron chi connectivity index (χ0n) is 20.0. The molecule has 1 aliphatic heterocycles. The van der Waals surface area contributed by atoms with E-state index in [4.69, 9.17) is 19.8 Å². The van der Waals surface area contributed by atoms with E-state index in [-0.39, 0.29) is 11.8 Å². The summed E-state index contributed by atoms with van der Waals surface area (Å²) in [5.74, 6) is -5.49. The fraction of sp³-hybridized carbons (Fsp3) is 0.250. The summed E-state index contributed by atoms with van der Waals surface area (Å²) < 4.78 is 63.5. The second-order valence-electron chi connectivity index (χ2n) is 8.07. The van der Waals surface area contributed by atoms with Crippen LogP contribution < -0.4 is 10.2 Å². The smallest absolute Gasteiger partial charge is 0.475 e. The number of carbonyl (C=O) groups is 3. The van der Waals surface area contributed by atoms with Gasteiger partial charge < -0.3 is 20.4 Å². The summed E-state index contributed by atoms with van der Waals surface area (Å²) >= 11 is 0. The number of hydrogen-bond donors (Lipinski definition) is 4. The van der Waals surface area contributed by atoms with E-state index in [1.165, 1.54) is 11.3 Å². The molecule has 0 saturated carbocycles. The minimum atomic E-state index is -5.08. The molecule has 2 aromatic carbocycles. The van der Waals surface area contributed by atoms with Crippen LogP contribution in [0.4, 0.5) is 37.7 Å². The molecule has 0 aliphatic carbocycles. The van der Waals surface area contributed by atoms with Gasteiger partial charge in [-0.25, -0.2) is 9.59 Å². The van der Waals surface area contributed by atoms with Crippen molar-refractivity contribution < 1.29 is 50.9 Å². The van der Waals surface area contributed by atoms with E-state index in [1.807, 2.05) is 49.6 Å². The van der Waals surface area contributed by atoms with E-state index >= 15 is 0 Å². The van der Waals surface area contributed by atoms with Crippen LogP contribution in [-0.2, 0) is 20.8 Å². The van der Waals surface area contributed by atoms with Gasteiger partial charge in [0.25, 0.3) is 0 Å². The number of H-pyrrole nitrogens is 1. The zero-order chi connectivity index (χ0) is 29.4. The largest absolute Gasteiger partial charge is 0.490 e. The van der Waals surface area contributed by atoms with Gasteiger partial charge in [-0.3, -0.25) is 9.89 Å². The standard InChI is InChI=1S/C20H20N4O.2C2HF3O2/c1-24-13-16(10-15-4-2-3-5-19(15)24)20(25)23-18-8-6-14(7-9-18)17-11-21-22-12-17;2*3-2(4,5)1(6)7/h2-9,11-12,16H,10,13H2,1H3,(H,21,22)(H,23,25);2*(H,6,7). The Hall–Kier alpha value is -4.56. The highest BCUT2D eigenvalue weighted by Gasteiger charge is 2.38. The Morgan fingerprint density at radius 3 is 1.95 bits per heavy atom. The van der Waals surface area contributed by atoms with Crippen molar-refractivity contribution in [1.82, 2.24) is 10.2 Å². The summed E-state index contributed by atoms with van der Waals surface area (Å²) in [6.07, 6.45) is -5.76. The number of anilines is 2. The fourth-order valence-corrected chi connectivity index (χ4v) is 3.39. The molecule has 15 heteroatoms. The normalized spacial score (nSPS) is 14.5. The lowest BCUT2D eigenvalue weighted by Gasteiger charge is -2.32. The molecule has 1 amide bonds. The van der Waals surface area contributed by atoms with E-state index in [9.17, 15) is 31.1 Å². The van der Waals surface area contributed by atoms with Crippen LogP contribution in [0.1, 0.15) is 5.56 Å². The molecule has 39 heavy (non-hydrogen) atoms. The van der Waals surface area contributed by atoms with E-state index in [0.717, 1.165) is 29.8 Å². The molecule has 1 aromatic heterocycles. The molecule has 0 saturated heterocycles. The number of benzene rings is 2. The molecule has 2 heterocycles. The van der Waals surface area contributed by atoms with Gasteiger partial charge in [0, 0.05) is 36.7 Å². The number of carbonyl (C=O) groups excluding carboxylic acids is 1. The van der Waals surface area contributed by atoms with Crippen LogP contribution in [0.2, 0.25) is 0 Å². The summed E-state index contributed by atoms with van der Waals surface area (Å²) in [7, 11) is 2.04. The molecule has 1 unspecified atom stereocenters. The molecule has 0 bridgehead atoms. The Morgan fingerprint density at radius 1 is 0.923 bits per heavy atom. The lowest BCUT2D eigenvalue weighted by Crippen LogP contribution is -2.39. The van der Waals surface area contributed by atoms with Crippen molar-refractivity contribution in [1.29, 1.82) is 0 Å². The number of aromatic nitrogens is 2. The molecular formula is C24H22F6N4O5. The summed E-state index contributed by atoms with van der Waals surface area (Å²) in [4.78, 5) is 32.6. The molecule has 4 N–H and O–H groups in total. The molecule has 9 nitrogen and oxygen atoms in total. The van der Waals surface area contributed by atoms with Crippen molar-refractivity contribution in [2.45, 2.75) is 18.8 Å². The number of rotatable bonds is 3. The van der Waals surface area contributed by atoms with E-state index in [2.05, 4.69) is 32.5 Å². The van der Waals surface area contributed by atoms with Crippen molar-refractivity contribution in [2.75, 3.05) is 23.8 Å². The second-order valence-corrected chi connectivity index (χ2v) is 8.07. The molecule has 4 rings (SSSR count). The lowest BCUT2D eigenvalue weighted by molar-refractivity contribution is -0.193. The summed E-state index contributed by atoms with van der Waals surface area (Å²) in [5.41, 5.74) is 5.36. The van der Waals surface area contributed by atoms with Crippen LogP contribution >= 0.6 is 0 Å². The first kappa shape index (κ1) is 30.7. The SMILES string of the molecule is CN1CC(C(=O)Nc2ccc(-c3cn[nH]c3)cc2)Cc2ccccc21.O=C(O)C(F)(F)F.O=C(O)C(F)(F)F. The maximum absolute atomic E-state index is 12.7. The first-order chi connectivity index (χ1) is 18.1. The van der Waals surface area contributed by atoms with Crippen molar-refractivity contribution in [3.05, 3.63) is 66.5 Å². The molecule has 1 atom stereocenters. The number of amides is 1. The highest BCUT2D eigenvalue weighted by molar-refractivity contribution is 5.94. The van der Waals surface area contributed by atoms with Crippen LogP contribution in [0, 0.1) is 5.92 Å². The maximum atomic E-state index is 12.7. The summed E-state index contributed by atoms with van der Waals surface area (Å²) in [6, 6.07) is 16.1. The molecule has 0 fully saturated rings. The van der Waals surface area contributed by atoms with Crippen LogP contribution in [0.3, 0.4) is 0 Å². The third kappa shape index (κ3) is 9.36. The van der Waals surface area contributed by atoms with Gasteiger partial charge in [0.2, 0.25) is 5.91 Å². The summed E-state index contributed by atoms with van der Waals surface area (Å²) in [5, 5.41) is 24.1. The Morgan fingerprint density at radius 2 is 1.46 bits per heavy atom. The van der Waals surface area contributed by atoms with Gasteiger partial charge in [-0.05, 0) is 35.7 Å². The minimum Gasteiger partial charge on any atom is -0.475 e. The average molecular weight is 560 g/mol. The molecule has 0 radical (unpaired) electrons. The van der Waals surface area contributed by atoms with Crippen molar-refractivity contribution >= 4 is 29.2 Å². The lowest BCUT2D eigenvalue weighted by atomic mass is 9.92. The number of fused-ring (bicyclic) bond motifs is 1. The van der Waals surface area contributed by atoms with Crippen molar-refractivity contribution in [3.8, 4) is 11.1 Å². The van der Waals surface area contributed by atoms with Gasteiger partial charge in [0.05, 0.1) is 12.1 Å². The van der Waals surface area contributed by atoms with Gasteiger partial charge in [0.1, 0.15) is 0 Å². The number of halogens is 6. The van der Waals surface area contributed by atoms with Crippen molar-refractivity contribution in [3.63, 3.8) is 0 Å². The average Bonchev–Trinajstić information content (AvgIpc) is 3.39. The third-order valence-electron chi connectivity index (χ3n) is 5.20. The highest BCUT2D eigenvalue weighted by Crippen LogP contribution is 2.29.